The number of hydrogen-bond acceptors (Lipinski definition) is 5. The van der Waals surface area contributed by atoms with E-state index in [9.17, 15) is 4.79 Å². The van der Waals surface area contributed by atoms with Crippen molar-refractivity contribution in [2.75, 3.05) is 25.5 Å². The van der Waals surface area contributed by atoms with Crippen LogP contribution < -0.4 is 5.73 Å². The lowest BCUT2D eigenvalue weighted by Crippen LogP contribution is -2.46. The van der Waals surface area contributed by atoms with Crippen molar-refractivity contribution in [2.24, 2.45) is 7.05 Å². The van der Waals surface area contributed by atoms with Gasteiger partial charge in [-0.2, -0.15) is 5.10 Å². The molecule has 7 heteroatoms. The Labute approximate surface area is 118 Å². The zero-order valence-electron chi connectivity index (χ0n) is 12.4. The van der Waals surface area contributed by atoms with Crippen LogP contribution >= 0.6 is 0 Å². The van der Waals surface area contributed by atoms with Gasteiger partial charge in [-0.05, 0) is 20.8 Å². The number of ether oxygens (including phenoxy) is 2. The quantitative estimate of drug-likeness (QED) is 0.839. The van der Waals surface area contributed by atoms with Crippen molar-refractivity contribution in [1.29, 1.82) is 0 Å². The van der Waals surface area contributed by atoms with E-state index in [-0.39, 0.29) is 12.1 Å². The van der Waals surface area contributed by atoms with Crippen LogP contribution in [0.3, 0.4) is 0 Å². The molecule has 0 aliphatic carbocycles. The molecular weight excluding hydrogens is 260 g/mol. The number of aromatic nitrogens is 2. The first kappa shape index (κ1) is 14.6. The molecule has 2 heterocycles. The molecule has 7 nitrogen and oxygen atoms in total. The van der Waals surface area contributed by atoms with Crippen molar-refractivity contribution < 1.29 is 14.3 Å². The number of carbonyl (C=O) groups is 1. The summed E-state index contributed by atoms with van der Waals surface area (Å²) < 4.78 is 12.6. The molecule has 1 saturated heterocycles. The number of nitrogen functional groups attached to an aromatic ring is 1. The van der Waals surface area contributed by atoms with Gasteiger partial charge in [0.1, 0.15) is 11.6 Å². The van der Waals surface area contributed by atoms with E-state index in [1.807, 2.05) is 20.8 Å². The van der Waals surface area contributed by atoms with Gasteiger partial charge in [0.2, 0.25) is 0 Å². The molecule has 0 aromatic carbocycles. The van der Waals surface area contributed by atoms with E-state index in [0.717, 1.165) is 5.69 Å². The zero-order chi connectivity index (χ0) is 14.9. The van der Waals surface area contributed by atoms with Crippen LogP contribution in [0.15, 0.2) is 6.20 Å². The minimum Gasteiger partial charge on any atom is -0.444 e. The molecule has 1 atom stereocenters. The molecule has 1 aliphatic rings. The number of rotatable bonds is 1. The molecule has 2 rings (SSSR count). The lowest BCUT2D eigenvalue weighted by Gasteiger charge is -2.36. The van der Waals surface area contributed by atoms with E-state index < -0.39 is 5.60 Å². The Morgan fingerprint density at radius 3 is 2.80 bits per heavy atom. The van der Waals surface area contributed by atoms with Crippen LogP contribution in [0.25, 0.3) is 0 Å². The number of hydrogen-bond donors (Lipinski definition) is 1. The van der Waals surface area contributed by atoms with Crippen LogP contribution in [-0.2, 0) is 16.5 Å². The van der Waals surface area contributed by atoms with Gasteiger partial charge in [-0.25, -0.2) is 4.79 Å². The lowest BCUT2D eigenvalue weighted by atomic mass is 10.1. The smallest absolute Gasteiger partial charge is 0.411 e. The molecule has 0 saturated carbocycles. The zero-order valence-corrected chi connectivity index (χ0v) is 12.4. The SMILES string of the molecule is Cn1ncc(N)c1C1COCCN1C(=O)OC(C)(C)C. The summed E-state index contributed by atoms with van der Waals surface area (Å²) in [5, 5.41) is 4.12. The van der Waals surface area contributed by atoms with Gasteiger partial charge in [0.15, 0.2) is 0 Å². The fraction of sp³-hybridized carbons (Fsp3) is 0.692. The number of nitrogens with two attached hydrogens (primary N) is 1. The van der Waals surface area contributed by atoms with E-state index in [1.165, 1.54) is 0 Å². The topological polar surface area (TPSA) is 82.6 Å². The molecule has 1 aromatic rings. The summed E-state index contributed by atoms with van der Waals surface area (Å²) in [6.07, 6.45) is 1.23. The van der Waals surface area contributed by atoms with E-state index in [0.29, 0.717) is 25.4 Å². The van der Waals surface area contributed by atoms with Gasteiger partial charge in [0.25, 0.3) is 0 Å². The molecule has 2 N–H and O–H groups in total. The average molecular weight is 282 g/mol. The third-order valence-corrected chi connectivity index (χ3v) is 3.09. The number of amides is 1. The molecule has 1 amide bonds. The van der Waals surface area contributed by atoms with E-state index in [1.54, 1.807) is 22.8 Å². The van der Waals surface area contributed by atoms with Crippen molar-refractivity contribution in [3.05, 3.63) is 11.9 Å². The normalized spacial score (nSPS) is 20.0. The molecule has 1 unspecified atom stereocenters. The van der Waals surface area contributed by atoms with Crippen molar-refractivity contribution in [2.45, 2.75) is 32.4 Å². The summed E-state index contributed by atoms with van der Waals surface area (Å²) in [5.41, 5.74) is 6.74. The van der Waals surface area contributed by atoms with Gasteiger partial charge >= 0.3 is 6.09 Å². The van der Waals surface area contributed by atoms with Gasteiger partial charge in [-0.15, -0.1) is 0 Å². The molecule has 20 heavy (non-hydrogen) atoms. The molecule has 0 bridgehead atoms. The Balaban J connectivity index is 2.24. The van der Waals surface area contributed by atoms with Gasteiger partial charge in [0.05, 0.1) is 30.8 Å². The largest absolute Gasteiger partial charge is 0.444 e. The van der Waals surface area contributed by atoms with Crippen LogP contribution in [0.5, 0.6) is 0 Å². The summed E-state index contributed by atoms with van der Waals surface area (Å²) in [4.78, 5) is 14.0. The van der Waals surface area contributed by atoms with Crippen LogP contribution in [-0.4, -0.2) is 46.1 Å². The maximum Gasteiger partial charge on any atom is 0.411 e. The second-order valence-corrected chi connectivity index (χ2v) is 5.87. The minimum atomic E-state index is -0.530. The maximum atomic E-state index is 12.3. The van der Waals surface area contributed by atoms with Crippen LogP contribution in [0.1, 0.15) is 32.5 Å². The highest BCUT2D eigenvalue weighted by Gasteiger charge is 2.34. The third kappa shape index (κ3) is 3.04. The highest BCUT2D eigenvalue weighted by Crippen LogP contribution is 2.29. The number of aryl methyl sites for hydroxylation is 1. The Morgan fingerprint density at radius 1 is 1.55 bits per heavy atom. The summed E-state index contributed by atoms with van der Waals surface area (Å²) in [5.74, 6) is 0. The first-order valence-electron chi connectivity index (χ1n) is 6.64. The summed E-state index contributed by atoms with van der Waals surface area (Å²) in [7, 11) is 1.80. The Bertz CT molecular complexity index is 473. The number of nitrogens with zero attached hydrogens (tertiary/aromatic N) is 3. The van der Waals surface area contributed by atoms with Crippen molar-refractivity contribution in [1.82, 2.24) is 14.7 Å². The van der Waals surface area contributed by atoms with Crippen molar-refractivity contribution >= 4 is 11.8 Å². The molecule has 1 aromatic heterocycles. The standard InChI is InChI=1S/C13H22N4O3/c1-13(2,3)20-12(18)17-5-6-19-8-10(17)11-9(14)7-15-16(11)4/h7,10H,5-6,8,14H2,1-4H3. The Kier molecular flexibility index (Phi) is 3.89. The van der Waals surface area contributed by atoms with Gasteiger partial charge in [-0.3, -0.25) is 9.58 Å². The minimum absolute atomic E-state index is 0.272. The lowest BCUT2D eigenvalue weighted by molar-refractivity contribution is -0.0346. The first-order valence-corrected chi connectivity index (χ1v) is 6.64. The number of morpholine rings is 1. The molecule has 0 radical (unpaired) electrons. The monoisotopic (exact) mass is 282 g/mol. The highest BCUT2D eigenvalue weighted by atomic mass is 16.6. The molecule has 1 aliphatic heterocycles. The predicted octanol–water partition coefficient (Wildman–Crippen LogP) is 1.31. The maximum absolute atomic E-state index is 12.3. The van der Waals surface area contributed by atoms with Crippen molar-refractivity contribution in [3.63, 3.8) is 0 Å². The van der Waals surface area contributed by atoms with Crippen LogP contribution in [0.2, 0.25) is 0 Å². The first-order chi connectivity index (χ1) is 9.29. The molecule has 0 spiro atoms. The number of carbonyl (C=O) groups excluding carboxylic acids is 1. The van der Waals surface area contributed by atoms with Gasteiger partial charge in [-0.1, -0.05) is 0 Å². The fourth-order valence-corrected chi connectivity index (χ4v) is 2.24. The summed E-state index contributed by atoms with van der Waals surface area (Å²) in [6, 6.07) is -0.272. The molecule has 1 fully saturated rings. The predicted molar refractivity (Wildman–Crippen MR) is 74.1 cm³/mol. The summed E-state index contributed by atoms with van der Waals surface area (Å²) in [6.45, 7) is 6.90. The second kappa shape index (κ2) is 5.32. The molecular formula is C13H22N4O3. The number of anilines is 1. The van der Waals surface area contributed by atoms with Gasteiger partial charge < -0.3 is 15.2 Å². The van der Waals surface area contributed by atoms with E-state index in [4.69, 9.17) is 15.2 Å². The van der Waals surface area contributed by atoms with Crippen LogP contribution in [0, 0.1) is 0 Å². The van der Waals surface area contributed by atoms with Crippen molar-refractivity contribution in [3.8, 4) is 0 Å². The fourth-order valence-electron chi connectivity index (χ4n) is 2.24. The third-order valence-electron chi connectivity index (χ3n) is 3.09. The summed E-state index contributed by atoms with van der Waals surface area (Å²) >= 11 is 0. The van der Waals surface area contributed by atoms with E-state index >= 15 is 0 Å². The Morgan fingerprint density at radius 2 is 2.25 bits per heavy atom. The second-order valence-electron chi connectivity index (χ2n) is 5.87. The Hall–Kier alpha value is -1.76. The van der Waals surface area contributed by atoms with Gasteiger partial charge in [0, 0.05) is 13.6 Å². The average Bonchev–Trinajstić information content (AvgIpc) is 2.67. The highest BCUT2D eigenvalue weighted by molar-refractivity contribution is 5.69. The molecule has 112 valence electrons. The van der Waals surface area contributed by atoms with Crippen LogP contribution in [0.4, 0.5) is 10.5 Å². The van der Waals surface area contributed by atoms with E-state index in [2.05, 4.69) is 5.10 Å².